The first kappa shape index (κ1) is 23.0. The molecule has 2 aliphatic rings. The van der Waals surface area contributed by atoms with Crippen molar-refractivity contribution < 1.29 is 0 Å². The van der Waals surface area contributed by atoms with E-state index in [0.29, 0.717) is 0 Å². The van der Waals surface area contributed by atoms with Crippen LogP contribution in [-0.4, -0.2) is 10.4 Å². The van der Waals surface area contributed by atoms with Crippen LogP contribution in [0.4, 0.5) is 11.4 Å². The highest BCUT2D eigenvalue weighted by Crippen LogP contribution is 2.50. The number of nitrogens with one attached hydrogen (secondary N) is 1. The highest BCUT2D eigenvalue weighted by atomic mass is 15.2. The van der Waals surface area contributed by atoms with Gasteiger partial charge in [0.1, 0.15) is 11.9 Å². The summed E-state index contributed by atoms with van der Waals surface area (Å²) in [6.07, 6.45) is 0. The molecule has 1 N–H and O–H groups in total. The fourth-order valence-electron chi connectivity index (χ4n) is 7.55. The third kappa shape index (κ3) is 3.06. The van der Waals surface area contributed by atoms with Crippen LogP contribution in [0, 0.1) is 0 Å². The number of hydrogen-bond acceptors (Lipinski definition) is 2. The zero-order valence-corrected chi connectivity index (χ0v) is 23.3. The van der Waals surface area contributed by atoms with Gasteiger partial charge in [-0.05, 0) is 62.2 Å². The predicted molar refractivity (Wildman–Crippen MR) is 181 cm³/mol. The van der Waals surface area contributed by atoms with E-state index in [1.165, 1.54) is 71.2 Å². The molecule has 1 unspecified atom stereocenters. The highest BCUT2D eigenvalue weighted by Gasteiger charge is 2.31. The largest absolute Gasteiger partial charge is 0.369 e. The van der Waals surface area contributed by atoms with Gasteiger partial charge in [-0.2, -0.15) is 0 Å². The SMILES string of the molecule is c1ccc(C2Nc3c(ccc4ccccc34)N=C2n2c3cccc4c3c3c(cccc32)-c2cccc3cccc-4c23)cc1. The maximum Gasteiger partial charge on any atom is 0.141 e. The minimum atomic E-state index is -0.135. The first-order valence-corrected chi connectivity index (χ1v) is 14.9. The fourth-order valence-corrected chi connectivity index (χ4v) is 7.55. The van der Waals surface area contributed by atoms with Crippen molar-refractivity contribution in [1.82, 2.24) is 4.57 Å². The summed E-state index contributed by atoms with van der Waals surface area (Å²) in [5, 5.41) is 11.5. The van der Waals surface area contributed by atoms with Crippen LogP contribution in [-0.2, 0) is 0 Å². The van der Waals surface area contributed by atoms with Crippen LogP contribution in [0.15, 0.2) is 145 Å². The molecular formula is C40H25N3. The van der Waals surface area contributed by atoms with Crippen LogP contribution in [0.5, 0.6) is 0 Å². The molecule has 1 atom stereocenters. The number of aliphatic imine (C=N–C) groups is 1. The molecule has 0 saturated carbocycles. The van der Waals surface area contributed by atoms with Crippen LogP contribution >= 0.6 is 0 Å². The summed E-state index contributed by atoms with van der Waals surface area (Å²) in [6.45, 7) is 0. The second-order valence-electron chi connectivity index (χ2n) is 11.6. The predicted octanol–water partition coefficient (Wildman–Crippen LogP) is 10.5. The molecule has 1 aliphatic carbocycles. The Bertz CT molecular complexity index is 2390. The number of rotatable bonds is 1. The van der Waals surface area contributed by atoms with Gasteiger partial charge in [0.2, 0.25) is 0 Å². The molecule has 7 aromatic carbocycles. The lowest BCUT2D eigenvalue weighted by Gasteiger charge is -2.30. The van der Waals surface area contributed by atoms with E-state index in [1.807, 2.05) is 0 Å². The maximum atomic E-state index is 5.50. The minimum Gasteiger partial charge on any atom is -0.369 e. The molecule has 0 spiro atoms. The van der Waals surface area contributed by atoms with Gasteiger partial charge in [-0.3, -0.25) is 4.57 Å². The molecule has 0 bridgehead atoms. The minimum absolute atomic E-state index is 0.135. The van der Waals surface area contributed by atoms with Crippen LogP contribution in [0.2, 0.25) is 0 Å². The Kier molecular flexibility index (Phi) is 4.50. The average molecular weight is 548 g/mol. The van der Waals surface area contributed by atoms with Gasteiger partial charge >= 0.3 is 0 Å². The second-order valence-corrected chi connectivity index (χ2v) is 11.6. The number of nitrogens with zero attached hydrogens (tertiary/aromatic N) is 2. The number of fused-ring (bicyclic) bond motifs is 5. The lowest BCUT2D eigenvalue weighted by atomic mass is 9.93. The van der Waals surface area contributed by atoms with Crippen LogP contribution in [0.25, 0.3) is 65.6 Å². The number of benzene rings is 7. The normalized spacial score (nSPS) is 15.1. The summed E-state index contributed by atoms with van der Waals surface area (Å²) < 4.78 is 2.41. The topological polar surface area (TPSA) is 29.3 Å². The van der Waals surface area contributed by atoms with Crippen molar-refractivity contribution in [3.8, 4) is 22.3 Å². The van der Waals surface area contributed by atoms with Gasteiger partial charge in [0.15, 0.2) is 0 Å². The molecule has 200 valence electrons. The number of hydrogen-bond donors (Lipinski definition) is 1. The molecule has 0 saturated heterocycles. The van der Waals surface area contributed by atoms with Gasteiger partial charge in [-0.15, -0.1) is 0 Å². The molecule has 3 heteroatoms. The van der Waals surface area contributed by atoms with Gasteiger partial charge in [0.25, 0.3) is 0 Å². The lowest BCUT2D eigenvalue weighted by molar-refractivity contribution is 0.965. The highest BCUT2D eigenvalue weighted by molar-refractivity contribution is 6.29. The van der Waals surface area contributed by atoms with E-state index in [0.717, 1.165) is 17.2 Å². The van der Waals surface area contributed by atoms with Gasteiger partial charge in [-0.25, -0.2) is 4.99 Å². The van der Waals surface area contributed by atoms with Crippen molar-refractivity contribution in [2.75, 3.05) is 5.32 Å². The molecule has 0 radical (unpaired) electrons. The molecule has 8 aromatic rings. The van der Waals surface area contributed by atoms with Crippen molar-refractivity contribution in [2.24, 2.45) is 4.99 Å². The molecule has 1 aromatic heterocycles. The van der Waals surface area contributed by atoms with Crippen LogP contribution in [0.3, 0.4) is 0 Å². The zero-order chi connectivity index (χ0) is 28.1. The molecule has 0 fully saturated rings. The van der Waals surface area contributed by atoms with E-state index in [-0.39, 0.29) is 6.04 Å². The Morgan fingerprint density at radius 3 is 1.77 bits per heavy atom. The van der Waals surface area contributed by atoms with Crippen molar-refractivity contribution >= 4 is 60.6 Å². The van der Waals surface area contributed by atoms with Gasteiger partial charge < -0.3 is 5.32 Å². The third-order valence-electron chi connectivity index (χ3n) is 9.35. The fraction of sp³-hybridized carbons (Fsp3) is 0.0250. The Morgan fingerprint density at radius 2 is 1.07 bits per heavy atom. The Balaban J connectivity index is 1.35. The van der Waals surface area contributed by atoms with E-state index >= 15 is 0 Å². The molecular weight excluding hydrogens is 522 g/mol. The van der Waals surface area contributed by atoms with E-state index in [4.69, 9.17) is 4.99 Å². The monoisotopic (exact) mass is 547 g/mol. The maximum absolute atomic E-state index is 5.50. The Labute approximate surface area is 248 Å². The Hall–Kier alpha value is -5.67. The van der Waals surface area contributed by atoms with Gasteiger partial charge in [-0.1, -0.05) is 121 Å². The summed E-state index contributed by atoms with van der Waals surface area (Å²) in [7, 11) is 0. The van der Waals surface area contributed by atoms with Crippen LogP contribution in [0.1, 0.15) is 11.6 Å². The molecule has 0 amide bonds. The first-order chi connectivity index (χ1) is 21.3. The van der Waals surface area contributed by atoms with Gasteiger partial charge in [0, 0.05) is 16.2 Å². The molecule has 1 aliphatic heterocycles. The standard InChI is InChI=1S/C40H25N3/c1-2-11-26(12-3-1)38-40(41-32-23-22-24-10-4-5-15-27(24)39(32)42-38)43-33-20-8-18-30-28-16-6-13-25-14-7-17-29(35(25)28)31-19-9-21-34(43)37(31)36(30)33/h1-23,38,42H. The van der Waals surface area contributed by atoms with E-state index < -0.39 is 0 Å². The van der Waals surface area contributed by atoms with Crippen molar-refractivity contribution in [3.63, 3.8) is 0 Å². The summed E-state index contributed by atoms with van der Waals surface area (Å²) in [4.78, 5) is 5.50. The Morgan fingerprint density at radius 1 is 0.488 bits per heavy atom. The smallest absolute Gasteiger partial charge is 0.141 e. The first-order valence-electron chi connectivity index (χ1n) is 14.9. The molecule has 2 heterocycles. The van der Waals surface area contributed by atoms with Crippen molar-refractivity contribution in [1.29, 1.82) is 0 Å². The average Bonchev–Trinajstić information content (AvgIpc) is 3.36. The zero-order valence-electron chi connectivity index (χ0n) is 23.3. The summed E-state index contributed by atoms with van der Waals surface area (Å²) in [5.74, 6) is 0.982. The third-order valence-corrected chi connectivity index (χ3v) is 9.35. The quantitative estimate of drug-likeness (QED) is 0.218. The van der Waals surface area contributed by atoms with Crippen molar-refractivity contribution in [2.45, 2.75) is 6.04 Å². The van der Waals surface area contributed by atoms with E-state index in [1.54, 1.807) is 0 Å². The van der Waals surface area contributed by atoms with E-state index in [9.17, 15) is 0 Å². The number of aromatic nitrogens is 1. The molecule has 10 rings (SSSR count). The van der Waals surface area contributed by atoms with Crippen LogP contribution < -0.4 is 5.32 Å². The van der Waals surface area contributed by atoms with Gasteiger partial charge in [0.05, 0.1) is 22.4 Å². The second kappa shape index (κ2) is 8.43. The van der Waals surface area contributed by atoms with E-state index in [2.05, 4.69) is 149 Å². The lowest BCUT2D eigenvalue weighted by Crippen LogP contribution is -2.29. The molecule has 43 heavy (non-hydrogen) atoms. The molecule has 3 nitrogen and oxygen atoms in total. The number of anilines is 1. The summed E-state index contributed by atoms with van der Waals surface area (Å²) in [5.41, 5.74) is 10.7. The van der Waals surface area contributed by atoms with Crippen molar-refractivity contribution in [3.05, 3.63) is 145 Å². The summed E-state index contributed by atoms with van der Waals surface area (Å²) in [6, 6.07) is 50.4. The summed E-state index contributed by atoms with van der Waals surface area (Å²) >= 11 is 0.